The highest BCUT2D eigenvalue weighted by Gasteiger charge is 2.30. The van der Waals surface area contributed by atoms with Crippen molar-refractivity contribution in [2.75, 3.05) is 25.1 Å². The maximum atomic E-state index is 11.7. The van der Waals surface area contributed by atoms with Crippen molar-refractivity contribution in [3.05, 3.63) is 23.9 Å². The number of aliphatic hydroxyl groups is 1. The molecule has 104 valence electrons. The summed E-state index contributed by atoms with van der Waals surface area (Å²) in [6.45, 7) is 3.20. The van der Waals surface area contributed by atoms with Gasteiger partial charge in [-0.1, -0.05) is 6.07 Å². The zero-order valence-corrected chi connectivity index (χ0v) is 11.0. The standard InChI is InChI=1S/C13H19N3O3/c1-10-2-3-11(14-8-10)16-12(17)15-9-13(18)4-6-19-7-5-13/h2-3,8,18H,4-7,9H2,1H3,(H2,14,15,16,17). The first kappa shape index (κ1) is 13.8. The van der Waals surface area contributed by atoms with Gasteiger partial charge in [0.2, 0.25) is 0 Å². The Morgan fingerprint density at radius 2 is 2.21 bits per heavy atom. The maximum absolute atomic E-state index is 11.7. The van der Waals surface area contributed by atoms with E-state index in [1.807, 2.05) is 13.0 Å². The van der Waals surface area contributed by atoms with Gasteiger partial charge in [-0.3, -0.25) is 5.32 Å². The highest BCUT2D eigenvalue weighted by molar-refractivity contribution is 5.88. The molecule has 1 saturated heterocycles. The Labute approximate surface area is 112 Å². The van der Waals surface area contributed by atoms with Crippen LogP contribution in [0.3, 0.4) is 0 Å². The Hall–Kier alpha value is -1.66. The van der Waals surface area contributed by atoms with Gasteiger partial charge >= 0.3 is 6.03 Å². The molecule has 2 amide bonds. The average Bonchev–Trinajstić information content (AvgIpc) is 2.40. The van der Waals surface area contributed by atoms with Crippen LogP contribution >= 0.6 is 0 Å². The van der Waals surface area contributed by atoms with Crippen LogP contribution in [0.4, 0.5) is 10.6 Å². The largest absolute Gasteiger partial charge is 0.388 e. The first-order chi connectivity index (χ1) is 9.07. The number of nitrogens with one attached hydrogen (secondary N) is 2. The molecule has 0 aromatic carbocycles. The summed E-state index contributed by atoms with van der Waals surface area (Å²) in [6, 6.07) is 3.24. The van der Waals surface area contributed by atoms with Gasteiger partial charge in [-0.05, 0) is 18.6 Å². The van der Waals surface area contributed by atoms with Crippen molar-refractivity contribution in [2.24, 2.45) is 0 Å². The smallest absolute Gasteiger partial charge is 0.320 e. The average molecular weight is 265 g/mol. The van der Waals surface area contributed by atoms with Crippen molar-refractivity contribution in [1.29, 1.82) is 0 Å². The fraction of sp³-hybridized carbons (Fsp3) is 0.538. The number of aryl methyl sites for hydroxylation is 1. The van der Waals surface area contributed by atoms with Crippen LogP contribution in [0.2, 0.25) is 0 Å². The molecule has 0 atom stereocenters. The van der Waals surface area contributed by atoms with E-state index in [1.165, 1.54) is 0 Å². The molecule has 0 bridgehead atoms. The van der Waals surface area contributed by atoms with Crippen LogP contribution in [-0.2, 0) is 4.74 Å². The molecule has 2 heterocycles. The Morgan fingerprint density at radius 1 is 1.47 bits per heavy atom. The number of urea groups is 1. The molecule has 6 nitrogen and oxygen atoms in total. The van der Waals surface area contributed by atoms with Crippen molar-refractivity contribution < 1.29 is 14.6 Å². The number of carbonyl (C=O) groups excluding carboxylic acids is 1. The lowest BCUT2D eigenvalue weighted by atomic mass is 9.94. The van der Waals surface area contributed by atoms with Gasteiger partial charge in [0.1, 0.15) is 5.82 Å². The summed E-state index contributed by atoms with van der Waals surface area (Å²) >= 11 is 0. The van der Waals surface area contributed by atoms with Gasteiger partial charge in [0.05, 0.1) is 5.60 Å². The van der Waals surface area contributed by atoms with Gasteiger partial charge in [-0.15, -0.1) is 0 Å². The predicted octanol–water partition coefficient (Wildman–Crippen LogP) is 1.05. The summed E-state index contributed by atoms with van der Waals surface area (Å²) < 4.78 is 5.18. The van der Waals surface area contributed by atoms with E-state index in [0.29, 0.717) is 31.9 Å². The van der Waals surface area contributed by atoms with Crippen LogP contribution in [0.15, 0.2) is 18.3 Å². The first-order valence-electron chi connectivity index (χ1n) is 6.35. The fourth-order valence-electron chi connectivity index (χ4n) is 1.88. The molecule has 2 rings (SSSR count). The molecule has 0 unspecified atom stereocenters. The van der Waals surface area contributed by atoms with Gasteiger partial charge in [0.15, 0.2) is 0 Å². The number of rotatable bonds is 3. The van der Waals surface area contributed by atoms with E-state index in [-0.39, 0.29) is 12.6 Å². The van der Waals surface area contributed by atoms with Crippen LogP contribution in [-0.4, -0.2) is 41.5 Å². The summed E-state index contributed by atoms with van der Waals surface area (Å²) in [5.41, 5.74) is 0.165. The quantitative estimate of drug-likeness (QED) is 0.763. The lowest BCUT2D eigenvalue weighted by Crippen LogP contribution is -2.47. The van der Waals surface area contributed by atoms with Crippen molar-refractivity contribution in [3.63, 3.8) is 0 Å². The van der Waals surface area contributed by atoms with E-state index in [9.17, 15) is 9.90 Å². The minimum atomic E-state index is -0.865. The first-order valence-corrected chi connectivity index (χ1v) is 6.35. The van der Waals surface area contributed by atoms with E-state index in [2.05, 4.69) is 15.6 Å². The molecule has 1 fully saturated rings. The van der Waals surface area contributed by atoms with Crippen LogP contribution < -0.4 is 10.6 Å². The number of aromatic nitrogens is 1. The third-order valence-electron chi connectivity index (χ3n) is 3.15. The molecule has 3 N–H and O–H groups in total. The summed E-state index contributed by atoms with van der Waals surface area (Å²) in [4.78, 5) is 15.8. The van der Waals surface area contributed by atoms with Crippen molar-refractivity contribution in [2.45, 2.75) is 25.4 Å². The number of nitrogens with zero attached hydrogens (tertiary/aromatic N) is 1. The van der Waals surface area contributed by atoms with Crippen molar-refractivity contribution >= 4 is 11.8 Å². The molecule has 0 spiro atoms. The van der Waals surface area contributed by atoms with Crippen molar-refractivity contribution in [1.82, 2.24) is 10.3 Å². The second-order valence-corrected chi connectivity index (χ2v) is 4.87. The van der Waals surface area contributed by atoms with Gasteiger partial charge in [-0.25, -0.2) is 9.78 Å². The Kier molecular flexibility index (Phi) is 4.34. The normalized spacial score (nSPS) is 17.8. The number of anilines is 1. The molecule has 1 aromatic rings. The number of hydrogen-bond acceptors (Lipinski definition) is 4. The van der Waals surface area contributed by atoms with Crippen LogP contribution in [0.5, 0.6) is 0 Å². The van der Waals surface area contributed by atoms with Crippen molar-refractivity contribution in [3.8, 4) is 0 Å². The molecular weight excluding hydrogens is 246 g/mol. The second kappa shape index (κ2) is 5.99. The Morgan fingerprint density at radius 3 is 2.84 bits per heavy atom. The van der Waals surface area contributed by atoms with Crippen LogP contribution in [0.25, 0.3) is 0 Å². The summed E-state index contributed by atoms with van der Waals surface area (Å²) in [6.07, 6.45) is 2.76. The van der Waals surface area contributed by atoms with Gasteiger partial charge in [-0.2, -0.15) is 0 Å². The Bertz CT molecular complexity index is 427. The molecule has 0 saturated carbocycles. The number of amides is 2. The monoisotopic (exact) mass is 265 g/mol. The van der Waals surface area contributed by atoms with E-state index in [4.69, 9.17) is 4.74 Å². The zero-order chi connectivity index (χ0) is 13.7. The molecular formula is C13H19N3O3. The lowest BCUT2D eigenvalue weighted by molar-refractivity contribution is -0.0598. The molecule has 19 heavy (non-hydrogen) atoms. The van der Waals surface area contributed by atoms with Gasteiger partial charge in [0.25, 0.3) is 0 Å². The van der Waals surface area contributed by atoms with Crippen LogP contribution in [0.1, 0.15) is 18.4 Å². The molecule has 1 aromatic heterocycles. The molecule has 0 radical (unpaired) electrons. The number of pyridine rings is 1. The second-order valence-electron chi connectivity index (χ2n) is 4.87. The summed E-state index contributed by atoms with van der Waals surface area (Å²) in [5.74, 6) is 0.488. The highest BCUT2D eigenvalue weighted by atomic mass is 16.5. The number of hydrogen-bond donors (Lipinski definition) is 3. The number of ether oxygens (including phenoxy) is 1. The molecule has 0 aliphatic carbocycles. The SMILES string of the molecule is Cc1ccc(NC(=O)NCC2(O)CCOCC2)nc1. The molecule has 6 heteroatoms. The summed E-state index contributed by atoms with van der Waals surface area (Å²) in [7, 11) is 0. The van der Waals surface area contributed by atoms with E-state index in [0.717, 1.165) is 5.56 Å². The maximum Gasteiger partial charge on any atom is 0.320 e. The summed E-state index contributed by atoms with van der Waals surface area (Å²) in [5, 5.41) is 15.5. The third kappa shape index (κ3) is 4.18. The predicted molar refractivity (Wildman–Crippen MR) is 71.0 cm³/mol. The topological polar surface area (TPSA) is 83.5 Å². The molecule has 1 aliphatic heterocycles. The van der Waals surface area contributed by atoms with E-state index < -0.39 is 5.60 Å². The minimum Gasteiger partial charge on any atom is -0.388 e. The number of carbonyl (C=O) groups is 1. The highest BCUT2D eigenvalue weighted by Crippen LogP contribution is 2.19. The molecule has 1 aliphatic rings. The van der Waals surface area contributed by atoms with Crippen LogP contribution in [0, 0.1) is 6.92 Å². The Balaban J connectivity index is 1.79. The van der Waals surface area contributed by atoms with Gasteiger partial charge < -0.3 is 15.2 Å². The fourth-order valence-corrected chi connectivity index (χ4v) is 1.88. The van der Waals surface area contributed by atoms with E-state index in [1.54, 1.807) is 12.3 Å². The van der Waals surface area contributed by atoms with E-state index >= 15 is 0 Å². The minimum absolute atomic E-state index is 0.216. The van der Waals surface area contributed by atoms with Gasteiger partial charge in [0, 0.05) is 38.8 Å². The third-order valence-corrected chi connectivity index (χ3v) is 3.15. The zero-order valence-electron chi connectivity index (χ0n) is 11.0. The lowest BCUT2D eigenvalue weighted by Gasteiger charge is -2.31.